The molecule has 2 saturated carbocycles. The Balaban J connectivity index is 1.40. The molecule has 2 aliphatic carbocycles. The van der Waals surface area contributed by atoms with Crippen molar-refractivity contribution in [3.63, 3.8) is 0 Å². The van der Waals surface area contributed by atoms with E-state index < -0.39 is 0 Å². The lowest BCUT2D eigenvalue weighted by molar-refractivity contribution is -0.135. The number of nitrogens with zero attached hydrogens (tertiary/aromatic N) is 1. The van der Waals surface area contributed by atoms with Crippen LogP contribution in [0.2, 0.25) is 0 Å². The summed E-state index contributed by atoms with van der Waals surface area (Å²) in [4.78, 5) is 26.6. The van der Waals surface area contributed by atoms with Gasteiger partial charge in [0.15, 0.2) is 0 Å². The molecule has 6 heteroatoms. The maximum atomic E-state index is 12.7. The minimum atomic E-state index is -0.0422. The van der Waals surface area contributed by atoms with Gasteiger partial charge < -0.3 is 20.3 Å². The summed E-state index contributed by atoms with van der Waals surface area (Å²) >= 11 is 0. The van der Waals surface area contributed by atoms with E-state index in [0.717, 1.165) is 31.6 Å². The minimum absolute atomic E-state index is 0.0422. The topological polar surface area (TPSA) is 70.7 Å². The number of hydrogen-bond donors (Lipinski definition) is 2. The zero-order valence-electron chi connectivity index (χ0n) is 19.5. The summed E-state index contributed by atoms with van der Waals surface area (Å²) < 4.78 is 6.23. The van der Waals surface area contributed by atoms with Gasteiger partial charge in [-0.1, -0.05) is 19.9 Å². The van der Waals surface area contributed by atoms with Crippen LogP contribution < -0.4 is 15.5 Å². The van der Waals surface area contributed by atoms with E-state index in [9.17, 15) is 9.59 Å². The van der Waals surface area contributed by atoms with Crippen molar-refractivity contribution in [1.29, 1.82) is 0 Å². The van der Waals surface area contributed by atoms with Gasteiger partial charge in [-0.05, 0) is 66.5 Å². The van der Waals surface area contributed by atoms with Gasteiger partial charge in [-0.25, -0.2) is 0 Å². The second-order valence-electron chi connectivity index (χ2n) is 10.6. The number of nitrogens with one attached hydrogen (secondary N) is 2. The third-order valence-corrected chi connectivity index (χ3v) is 8.31. The molecule has 3 aliphatic rings. The lowest BCUT2D eigenvalue weighted by atomic mass is 9.59. The average molecular weight is 428 g/mol. The molecule has 0 aromatic heterocycles. The quantitative estimate of drug-likeness (QED) is 0.731. The van der Waals surface area contributed by atoms with Crippen LogP contribution in [0.4, 0.5) is 5.69 Å². The van der Waals surface area contributed by atoms with Crippen LogP contribution in [0.1, 0.15) is 56.8 Å². The molecule has 4 rings (SSSR count). The van der Waals surface area contributed by atoms with E-state index in [0.29, 0.717) is 23.9 Å². The second-order valence-corrected chi connectivity index (χ2v) is 10.6. The number of carbonyl (C=O) groups excluding carboxylic acids is 2. The second kappa shape index (κ2) is 8.12. The molecule has 5 atom stereocenters. The van der Waals surface area contributed by atoms with Crippen molar-refractivity contribution in [3.05, 3.63) is 29.8 Å². The molecule has 1 aromatic carbocycles. The molecule has 2 N–H and O–H groups in total. The van der Waals surface area contributed by atoms with Gasteiger partial charge in [0.2, 0.25) is 5.91 Å². The molecule has 1 heterocycles. The number of ether oxygens (including phenoxy) is 1. The van der Waals surface area contributed by atoms with Gasteiger partial charge in [0.1, 0.15) is 0 Å². The van der Waals surface area contributed by atoms with Crippen LogP contribution in [0.5, 0.6) is 0 Å². The Hall–Kier alpha value is -2.08. The normalized spacial score (nSPS) is 32.9. The van der Waals surface area contributed by atoms with Crippen LogP contribution in [0.15, 0.2) is 24.3 Å². The van der Waals surface area contributed by atoms with Crippen LogP contribution in [0, 0.1) is 22.7 Å². The van der Waals surface area contributed by atoms with Gasteiger partial charge in [0.05, 0.1) is 6.10 Å². The molecule has 1 unspecified atom stereocenters. The maximum Gasteiger partial charge on any atom is 0.251 e. The molecule has 1 aromatic rings. The molecule has 1 spiro atoms. The molecule has 31 heavy (non-hydrogen) atoms. The Morgan fingerprint density at radius 2 is 2.03 bits per heavy atom. The molecule has 6 nitrogen and oxygen atoms in total. The first-order chi connectivity index (χ1) is 14.6. The Labute approximate surface area is 186 Å². The molecule has 0 radical (unpaired) electrons. The smallest absolute Gasteiger partial charge is 0.251 e. The van der Waals surface area contributed by atoms with E-state index in [1.165, 1.54) is 6.42 Å². The average Bonchev–Trinajstić information content (AvgIpc) is 3.21. The first-order valence-corrected chi connectivity index (χ1v) is 11.6. The van der Waals surface area contributed by atoms with Crippen molar-refractivity contribution in [2.45, 2.75) is 58.6 Å². The zero-order chi connectivity index (χ0) is 22.4. The number of rotatable bonds is 6. The van der Waals surface area contributed by atoms with Crippen molar-refractivity contribution in [2.24, 2.45) is 22.7 Å². The van der Waals surface area contributed by atoms with Gasteiger partial charge >= 0.3 is 0 Å². The molecule has 1 saturated heterocycles. The van der Waals surface area contributed by atoms with Gasteiger partial charge in [0.25, 0.3) is 5.91 Å². The minimum Gasteiger partial charge on any atom is -0.378 e. The Morgan fingerprint density at radius 1 is 1.26 bits per heavy atom. The fourth-order valence-electron chi connectivity index (χ4n) is 6.75. The lowest BCUT2D eigenvalue weighted by Crippen LogP contribution is -2.60. The predicted octanol–water partition coefficient (Wildman–Crippen LogP) is 3.22. The lowest BCUT2D eigenvalue weighted by Gasteiger charge is -2.53. The molecule has 2 amide bonds. The van der Waals surface area contributed by atoms with Crippen LogP contribution in [0.3, 0.4) is 0 Å². The molecule has 1 aliphatic heterocycles. The standard InChI is InChI=1S/C25H37N3O3/c1-16(29)27-23-24(2,3)18-14-20-21(31-12-10-25(20,23)15-18)9-11-26-22(30)17-7-6-8-19(13-17)28(4)5/h6-8,13,18,20-21,23H,9-12,14-15H2,1-5H3,(H,26,30)(H,27,29)/t18-,20-,21-,23+,25?/m1/s1. The van der Waals surface area contributed by atoms with Crippen molar-refractivity contribution in [2.75, 3.05) is 32.1 Å². The predicted molar refractivity (Wildman–Crippen MR) is 122 cm³/mol. The number of amides is 2. The first-order valence-electron chi connectivity index (χ1n) is 11.6. The van der Waals surface area contributed by atoms with E-state index in [1.807, 2.05) is 43.3 Å². The van der Waals surface area contributed by atoms with Crippen LogP contribution in [-0.2, 0) is 9.53 Å². The summed E-state index contributed by atoms with van der Waals surface area (Å²) in [5.41, 5.74) is 1.95. The maximum absolute atomic E-state index is 12.7. The summed E-state index contributed by atoms with van der Waals surface area (Å²) in [7, 11) is 3.94. The van der Waals surface area contributed by atoms with E-state index in [1.54, 1.807) is 6.92 Å². The SMILES string of the molecule is CC(=O)N[C@H]1C(C)(C)[C@@H]2C[C@@H]3[C@@H](CCNC(=O)c4cccc(N(C)C)c4)OCCC31C2. The van der Waals surface area contributed by atoms with Gasteiger partial charge in [-0.2, -0.15) is 0 Å². The Kier molecular flexibility index (Phi) is 5.80. The monoisotopic (exact) mass is 427 g/mol. The van der Waals surface area contributed by atoms with E-state index in [4.69, 9.17) is 4.74 Å². The summed E-state index contributed by atoms with van der Waals surface area (Å²) in [6.45, 7) is 7.59. The number of hydrogen-bond acceptors (Lipinski definition) is 4. The summed E-state index contributed by atoms with van der Waals surface area (Å²) in [6, 6.07) is 7.88. The van der Waals surface area contributed by atoms with Crippen molar-refractivity contribution in [3.8, 4) is 0 Å². The molecule has 3 fully saturated rings. The number of anilines is 1. The van der Waals surface area contributed by atoms with Gasteiger partial charge in [0, 0.05) is 51.5 Å². The number of carbonyl (C=O) groups is 2. The summed E-state index contributed by atoms with van der Waals surface area (Å²) in [6.07, 6.45) is 4.31. The van der Waals surface area contributed by atoms with Gasteiger partial charge in [-0.15, -0.1) is 0 Å². The van der Waals surface area contributed by atoms with E-state index >= 15 is 0 Å². The van der Waals surface area contributed by atoms with Gasteiger partial charge in [-0.3, -0.25) is 9.59 Å². The van der Waals surface area contributed by atoms with Crippen LogP contribution >= 0.6 is 0 Å². The Morgan fingerprint density at radius 3 is 2.74 bits per heavy atom. The number of benzene rings is 1. The van der Waals surface area contributed by atoms with Crippen LogP contribution in [0.25, 0.3) is 0 Å². The zero-order valence-corrected chi connectivity index (χ0v) is 19.5. The van der Waals surface area contributed by atoms with Crippen molar-refractivity contribution < 1.29 is 14.3 Å². The molecular formula is C25H37N3O3. The third-order valence-electron chi connectivity index (χ3n) is 8.31. The highest BCUT2D eigenvalue weighted by atomic mass is 16.5. The first kappa shape index (κ1) is 22.1. The van der Waals surface area contributed by atoms with Crippen LogP contribution in [-0.4, -0.2) is 51.2 Å². The van der Waals surface area contributed by atoms with E-state index in [2.05, 4.69) is 24.5 Å². The molecule has 2 bridgehead atoms. The summed E-state index contributed by atoms with van der Waals surface area (Å²) in [5, 5.41) is 6.40. The highest BCUT2D eigenvalue weighted by molar-refractivity contribution is 5.95. The fraction of sp³-hybridized carbons (Fsp3) is 0.680. The third kappa shape index (κ3) is 3.84. The fourth-order valence-corrected chi connectivity index (χ4v) is 6.75. The highest BCUT2D eigenvalue weighted by Gasteiger charge is 2.68. The van der Waals surface area contributed by atoms with Crippen molar-refractivity contribution in [1.82, 2.24) is 10.6 Å². The Bertz CT molecular complexity index is 852. The molecular weight excluding hydrogens is 390 g/mol. The van der Waals surface area contributed by atoms with E-state index in [-0.39, 0.29) is 34.8 Å². The largest absolute Gasteiger partial charge is 0.378 e. The number of fused-ring (bicyclic) bond motifs is 1. The highest BCUT2D eigenvalue weighted by Crippen LogP contribution is 2.68. The summed E-state index contributed by atoms with van der Waals surface area (Å²) in [5.74, 6) is 1.08. The van der Waals surface area contributed by atoms with Crippen molar-refractivity contribution >= 4 is 17.5 Å². The molecule has 170 valence electrons.